The van der Waals surface area contributed by atoms with Crippen LogP contribution in [0.3, 0.4) is 0 Å². The van der Waals surface area contributed by atoms with E-state index in [2.05, 4.69) is 36.5 Å². The molecule has 0 spiro atoms. The van der Waals surface area contributed by atoms with E-state index >= 15 is 0 Å². The van der Waals surface area contributed by atoms with Crippen LogP contribution in [0.4, 0.5) is 4.39 Å². The van der Waals surface area contributed by atoms with E-state index in [4.69, 9.17) is 0 Å². The minimum atomic E-state index is -0.378. The maximum Gasteiger partial charge on any atom is 0.252 e. The van der Waals surface area contributed by atoms with Crippen molar-refractivity contribution in [3.63, 3.8) is 0 Å². The van der Waals surface area contributed by atoms with Gasteiger partial charge in [-0.15, -0.1) is 0 Å². The standard InChI is InChI=1S/C18H12FIN4OS/c1-21-18(25)12-6-13-14(9-24(26-20)17(13)23-8-12)11-5-10-3-2-4-22-16(10)15(19)7-11/h2-9H,1H3,(H,21,25). The summed E-state index contributed by atoms with van der Waals surface area (Å²) in [4.78, 5) is 20.5. The van der Waals surface area contributed by atoms with Gasteiger partial charge in [-0.25, -0.2) is 9.37 Å². The molecule has 5 nitrogen and oxygen atoms in total. The first kappa shape index (κ1) is 17.2. The maximum absolute atomic E-state index is 14.5. The number of amides is 1. The number of halogens is 2. The third-order valence-electron chi connectivity index (χ3n) is 4.14. The smallest absolute Gasteiger partial charge is 0.252 e. The number of hydrogen-bond acceptors (Lipinski definition) is 4. The number of carbonyl (C=O) groups excluding carboxylic acids is 1. The molecule has 1 amide bonds. The molecule has 26 heavy (non-hydrogen) atoms. The summed E-state index contributed by atoms with van der Waals surface area (Å²) in [5.74, 6) is -0.592. The predicted molar refractivity (Wildman–Crippen MR) is 111 cm³/mol. The molecule has 0 saturated carbocycles. The third-order valence-corrected chi connectivity index (χ3v) is 5.85. The fourth-order valence-electron chi connectivity index (χ4n) is 2.93. The summed E-state index contributed by atoms with van der Waals surface area (Å²) >= 11 is 2.16. The van der Waals surface area contributed by atoms with Gasteiger partial charge in [0.05, 0.1) is 5.56 Å². The monoisotopic (exact) mass is 478 g/mol. The molecule has 0 bridgehead atoms. The first-order chi connectivity index (χ1) is 12.6. The summed E-state index contributed by atoms with van der Waals surface area (Å²) in [5, 5.41) is 4.11. The summed E-state index contributed by atoms with van der Waals surface area (Å²) in [6, 6.07) is 8.76. The van der Waals surface area contributed by atoms with E-state index < -0.39 is 0 Å². The number of pyridine rings is 2. The molecule has 8 heteroatoms. The molecule has 0 radical (unpaired) electrons. The molecule has 130 valence electrons. The highest BCUT2D eigenvalue weighted by Crippen LogP contribution is 2.35. The van der Waals surface area contributed by atoms with Crippen LogP contribution < -0.4 is 5.32 Å². The number of carbonyl (C=O) groups is 1. The zero-order chi connectivity index (χ0) is 18.3. The lowest BCUT2D eigenvalue weighted by Crippen LogP contribution is -2.17. The van der Waals surface area contributed by atoms with Crippen LogP contribution in [0.2, 0.25) is 0 Å². The van der Waals surface area contributed by atoms with E-state index in [-0.39, 0.29) is 11.7 Å². The number of nitrogens with one attached hydrogen (secondary N) is 1. The first-order valence-electron chi connectivity index (χ1n) is 7.69. The van der Waals surface area contributed by atoms with Gasteiger partial charge in [-0.1, -0.05) is 6.07 Å². The second-order valence-electron chi connectivity index (χ2n) is 5.65. The summed E-state index contributed by atoms with van der Waals surface area (Å²) in [5.41, 5.74) is 3.05. The van der Waals surface area contributed by atoms with Crippen molar-refractivity contribution in [1.82, 2.24) is 19.3 Å². The molecule has 1 N–H and O–H groups in total. The largest absolute Gasteiger partial charge is 0.355 e. The number of rotatable bonds is 3. The van der Waals surface area contributed by atoms with Crippen LogP contribution in [0.25, 0.3) is 33.1 Å². The quantitative estimate of drug-likeness (QED) is 0.438. The second-order valence-corrected chi connectivity index (χ2v) is 7.36. The first-order valence-corrected chi connectivity index (χ1v) is 11.0. The number of hydrogen-bond donors (Lipinski definition) is 1. The lowest BCUT2D eigenvalue weighted by atomic mass is 10.0. The van der Waals surface area contributed by atoms with E-state index in [1.807, 2.05) is 22.3 Å². The molecule has 3 heterocycles. The van der Waals surface area contributed by atoms with Crippen LogP contribution in [0.5, 0.6) is 0 Å². The van der Waals surface area contributed by atoms with Crippen molar-refractivity contribution in [2.24, 2.45) is 0 Å². The molecule has 0 saturated heterocycles. The Bertz CT molecular complexity index is 1160. The van der Waals surface area contributed by atoms with Gasteiger partial charge in [0.15, 0.2) is 5.65 Å². The van der Waals surface area contributed by atoms with Gasteiger partial charge < -0.3 is 5.32 Å². The normalized spacial score (nSPS) is 11.2. The zero-order valence-corrected chi connectivity index (χ0v) is 16.5. The fourth-order valence-corrected chi connectivity index (χ4v) is 4.19. The lowest BCUT2D eigenvalue weighted by molar-refractivity contribution is 0.0963. The number of nitrogens with zero attached hydrogens (tertiary/aromatic N) is 3. The summed E-state index contributed by atoms with van der Waals surface area (Å²) in [6.07, 6.45) is 5.02. The van der Waals surface area contributed by atoms with E-state index in [9.17, 15) is 9.18 Å². The Morgan fingerprint density at radius 1 is 1.31 bits per heavy atom. The second kappa shape index (κ2) is 6.84. The highest BCUT2D eigenvalue weighted by atomic mass is 127. The number of aromatic nitrogens is 3. The van der Waals surface area contributed by atoms with Crippen molar-refractivity contribution in [3.8, 4) is 11.1 Å². The Morgan fingerprint density at radius 3 is 2.92 bits per heavy atom. The topological polar surface area (TPSA) is 59.8 Å². The maximum atomic E-state index is 14.5. The SMILES string of the molecule is CNC(=O)c1cnc2c(c1)c(-c1cc(F)c3ncccc3c1)cn2SI. The Hall–Kier alpha value is -2.20. The number of fused-ring (bicyclic) bond motifs is 2. The number of benzene rings is 1. The van der Waals surface area contributed by atoms with E-state index in [1.165, 1.54) is 15.2 Å². The van der Waals surface area contributed by atoms with Crippen molar-refractivity contribution in [2.45, 2.75) is 0 Å². The molecular formula is C18H12FIN4OS. The summed E-state index contributed by atoms with van der Waals surface area (Å²) in [6.45, 7) is 0. The van der Waals surface area contributed by atoms with Crippen LogP contribution in [0.1, 0.15) is 10.4 Å². The molecule has 1 aromatic carbocycles. The molecule has 0 aliphatic carbocycles. The Morgan fingerprint density at radius 2 is 2.15 bits per heavy atom. The van der Waals surface area contributed by atoms with Crippen molar-refractivity contribution in [2.75, 3.05) is 7.05 Å². The van der Waals surface area contributed by atoms with E-state index in [1.54, 1.807) is 31.6 Å². The van der Waals surface area contributed by atoms with Crippen LogP contribution in [0.15, 0.2) is 48.9 Å². The van der Waals surface area contributed by atoms with E-state index in [0.717, 1.165) is 22.0 Å². The molecule has 3 aromatic heterocycles. The zero-order valence-electron chi connectivity index (χ0n) is 13.5. The molecule has 0 atom stereocenters. The van der Waals surface area contributed by atoms with Crippen molar-refractivity contribution in [1.29, 1.82) is 0 Å². The van der Waals surface area contributed by atoms with Crippen LogP contribution in [0, 0.1) is 5.82 Å². The highest BCUT2D eigenvalue weighted by Gasteiger charge is 2.16. The molecule has 4 aromatic rings. The van der Waals surface area contributed by atoms with Gasteiger partial charge in [0.25, 0.3) is 5.91 Å². The van der Waals surface area contributed by atoms with Crippen LogP contribution >= 0.6 is 30.3 Å². The molecule has 0 fully saturated rings. The molecular weight excluding hydrogens is 466 g/mol. The lowest BCUT2D eigenvalue weighted by Gasteiger charge is -2.05. The average Bonchev–Trinajstić information content (AvgIpc) is 3.05. The highest BCUT2D eigenvalue weighted by molar-refractivity contribution is 14.2. The Balaban J connectivity index is 2.00. The Labute approximate surface area is 164 Å². The van der Waals surface area contributed by atoms with Crippen LogP contribution in [-0.4, -0.2) is 26.9 Å². The van der Waals surface area contributed by atoms with Gasteiger partial charge in [0.2, 0.25) is 0 Å². The van der Waals surface area contributed by atoms with Crippen molar-refractivity contribution in [3.05, 3.63) is 60.3 Å². The summed E-state index contributed by atoms with van der Waals surface area (Å²) in [7, 11) is 3.03. The predicted octanol–water partition coefficient (Wildman–Crippen LogP) is 4.60. The van der Waals surface area contributed by atoms with Gasteiger partial charge in [0, 0.05) is 72.3 Å². The van der Waals surface area contributed by atoms with Gasteiger partial charge in [-0.2, -0.15) is 0 Å². The van der Waals surface area contributed by atoms with Crippen molar-refractivity contribution < 1.29 is 9.18 Å². The fraction of sp³-hybridized carbons (Fsp3) is 0.0556. The van der Waals surface area contributed by atoms with Gasteiger partial charge >= 0.3 is 0 Å². The average molecular weight is 478 g/mol. The van der Waals surface area contributed by atoms with E-state index in [0.29, 0.717) is 16.6 Å². The molecule has 0 aliphatic rings. The van der Waals surface area contributed by atoms with Gasteiger partial charge in [0.1, 0.15) is 11.3 Å². The van der Waals surface area contributed by atoms with Crippen LogP contribution in [-0.2, 0) is 0 Å². The summed E-state index contributed by atoms with van der Waals surface area (Å²) < 4.78 is 16.4. The van der Waals surface area contributed by atoms with Crippen molar-refractivity contribution >= 4 is 58.2 Å². The van der Waals surface area contributed by atoms with Gasteiger partial charge in [-0.05, 0) is 29.8 Å². The molecule has 0 aliphatic heterocycles. The molecule has 0 unspecified atom stereocenters. The Kier molecular flexibility index (Phi) is 4.53. The molecule has 4 rings (SSSR count). The van der Waals surface area contributed by atoms with Gasteiger partial charge in [-0.3, -0.25) is 13.8 Å². The third kappa shape index (κ3) is 2.82. The minimum Gasteiger partial charge on any atom is -0.355 e. The minimum absolute atomic E-state index is 0.214.